The molecule has 0 fully saturated rings. The van der Waals surface area contributed by atoms with Gasteiger partial charge in [-0.25, -0.2) is 19.7 Å². The van der Waals surface area contributed by atoms with Crippen molar-refractivity contribution in [1.82, 2.24) is 29.8 Å². The summed E-state index contributed by atoms with van der Waals surface area (Å²) in [5.74, 6) is 0.329. The Labute approximate surface area is 200 Å². The Morgan fingerprint density at radius 1 is 1.24 bits per heavy atom. The Balaban J connectivity index is 0.000000231. The average molecular weight is 508 g/mol. The molecule has 0 saturated carbocycles. The number of carbonyl (C=O) groups is 2. The number of carboxylic acid groups (broad SMARTS) is 1. The molecule has 11 nitrogen and oxygen atoms in total. The van der Waals surface area contributed by atoms with Crippen molar-refractivity contribution in [3.8, 4) is 0 Å². The van der Waals surface area contributed by atoms with Gasteiger partial charge >= 0.3 is 12.1 Å². The number of hydrogen-bond donors (Lipinski definition) is 4. The summed E-state index contributed by atoms with van der Waals surface area (Å²) in [7, 11) is 1.41. The summed E-state index contributed by atoms with van der Waals surface area (Å²) in [6.45, 7) is 0.416. The molecule has 4 rings (SSSR count). The maximum Gasteiger partial charge on any atom is 0.407 e. The van der Waals surface area contributed by atoms with Crippen LogP contribution in [0.3, 0.4) is 0 Å². The number of fused-ring (bicyclic) bond motifs is 1. The summed E-state index contributed by atoms with van der Waals surface area (Å²) in [6.07, 6.45) is 0.563. The SMILES string of the molecule is CN(Cc1nsc(NC(=O)NCc2ccc(Cl)s2)n1)C(=O)O.O=c1[nH]ncc2ccccc12. The highest BCUT2D eigenvalue weighted by molar-refractivity contribution is 7.16. The van der Waals surface area contributed by atoms with Crippen LogP contribution in [0.25, 0.3) is 10.8 Å². The minimum absolute atomic E-state index is 0.0584. The molecule has 0 unspecified atom stereocenters. The zero-order valence-corrected chi connectivity index (χ0v) is 19.5. The molecule has 14 heteroatoms. The topological polar surface area (TPSA) is 153 Å². The van der Waals surface area contributed by atoms with Crippen LogP contribution in [0.2, 0.25) is 4.34 Å². The summed E-state index contributed by atoms with van der Waals surface area (Å²) in [6, 6.07) is 10.5. The summed E-state index contributed by atoms with van der Waals surface area (Å²) >= 11 is 8.17. The van der Waals surface area contributed by atoms with Crippen molar-refractivity contribution in [2.24, 2.45) is 0 Å². The summed E-state index contributed by atoms with van der Waals surface area (Å²) in [4.78, 5) is 39.5. The smallest absolute Gasteiger partial charge is 0.407 e. The fourth-order valence-electron chi connectivity index (χ4n) is 2.44. The Morgan fingerprint density at radius 2 is 2.03 bits per heavy atom. The van der Waals surface area contributed by atoms with Crippen LogP contribution < -0.4 is 16.2 Å². The van der Waals surface area contributed by atoms with Crippen molar-refractivity contribution in [1.29, 1.82) is 0 Å². The van der Waals surface area contributed by atoms with Crippen LogP contribution >= 0.6 is 34.5 Å². The molecule has 0 aliphatic carbocycles. The molecule has 0 spiro atoms. The van der Waals surface area contributed by atoms with E-state index in [-0.39, 0.29) is 12.1 Å². The molecule has 0 bridgehead atoms. The third-order valence-electron chi connectivity index (χ3n) is 4.02. The molecular formula is C19H18ClN7O4S2. The van der Waals surface area contributed by atoms with Gasteiger partial charge in [0.05, 0.1) is 23.6 Å². The first-order valence-corrected chi connectivity index (χ1v) is 11.3. The Kier molecular flexibility index (Phi) is 8.29. The van der Waals surface area contributed by atoms with Gasteiger partial charge in [-0.15, -0.1) is 11.3 Å². The third-order valence-corrected chi connectivity index (χ3v) is 5.92. The highest BCUT2D eigenvalue weighted by atomic mass is 35.5. The predicted octanol–water partition coefficient (Wildman–Crippen LogP) is 3.61. The maximum atomic E-state index is 11.7. The quantitative estimate of drug-likeness (QED) is 0.322. The van der Waals surface area contributed by atoms with Crippen LogP contribution in [0.5, 0.6) is 0 Å². The molecule has 3 heterocycles. The lowest BCUT2D eigenvalue weighted by Gasteiger charge is -2.09. The Morgan fingerprint density at radius 3 is 2.73 bits per heavy atom. The number of anilines is 1. The van der Waals surface area contributed by atoms with Crippen LogP contribution in [-0.4, -0.2) is 48.7 Å². The van der Waals surface area contributed by atoms with Gasteiger partial charge in [0.2, 0.25) is 5.13 Å². The van der Waals surface area contributed by atoms with Crippen LogP contribution in [0.1, 0.15) is 10.7 Å². The van der Waals surface area contributed by atoms with Gasteiger partial charge in [0.25, 0.3) is 5.56 Å². The largest absolute Gasteiger partial charge is 0.465 e. The highest BCUT2D eigenvalue weighted by Gasteiger charge is 2.12. The van der Waals surface area contributed by atoms with Gasteiger partial charge < -0.3 is 15.3 Å². The number of nitrogens with zero attached hydrogens (tertiary/aromatic N) is 4. The number of aromatic nitrogens is 4. The molecule has 172 valence electrons. The van der Waals surface area contributed by atoms with Crippen molar-refractivity contribution in [3.05, 3.63) is 68.0 Å². The van der Waals surface area contributed by atoms with Crippen molar-refractivity contribution in [2.75, 3.05) is 12.4 Å². The van der Waals surface area contributed by atoms with Crippen molar-refractivity contribution < 1.29 is 14.7 Å². The lowest BCUT2D eigenvalue weighted by molar-refractivity contribution is 0.153. The monoisotopic (exact) mass is 507 g/mol. The molecule has 0 atom stereocenters. The Bertz CT molecular complexity index is 1300. The fraction of sp³-hybridized carbons (Fsp3) is 0.158. The van der Waals surface area contributed by atoms with E-state index in [9.17, 15) is 14.4 Å². The predicted molar refractivity (Wildman–Crippen MR) is 127 cm³/mol. The molecule has 0 saturated heterocycles. The van der Waals surface area contributed by atoms with E-state index in [0.717, 1.165) is 26.7 Å². The van der Waals surface area contributed by atoms with Gasteiger partial charge in [-0.2, -0.15) is 9.47 Å². The standard InChI is InChI=1S/C11H12ClN5O3S2.C8H6N2O/c1-17(11(19)20)5-8-14-10(22-16-8)15-9(18)13-4-6-2-3-7(12)21-6;11-8-7-4-2-1-3-6(7)5-9-10-8/h2-3H,4-5H2,1H3,(H,19,20)(H2,13,14,15,16,18);1-5H,(H,10,11). The molecule has 3 amide bonds. The van der Waals surface area contributed by atoms with E-state index in [1.807, 2.05) is 24.3 Å². The first-order chi connectivity index (χ1) is 15.8. The van der Waals surface area contributed by atoms with Crippen molar-refractivity contribution in [2.45, 2.75) is 13.1 Å². The van der Waals surface area contributed by atoms with Crippen LogP contribution in [0.4, 0.5) is 14.7 Å². The number of nitrogens with one attached hydrogen (secondary N) is 3. The van der Waals surface area contributed by atoms with Crippen LogP contribution in [-0.2, 0) is 13.1 Å². The first kappa shape index (κ1) is 24.1. The van der Waals surface area contributed by atoms with E-state index in [2.05, 4.69) is 30.2 Å². The van der Waals surface area contributed by atoms with Gasteiger partial charge in [-0.05, 0) is 18.2 Å². The zero-order valence-electron chi connectivity index (χ0n) is 17.1. The van der Waals surface area contributed by atoms with E-state index < -0.39 is 12.1 Å². The Hall–Kier alpha value is -3.55. The first-order valence-electron chi connectivity index (χ1n) is 9.30. The number of rotatable bonds is 5. The molecule has 0 radical (unpaired) electrons. The van der Waals surface area contributed by atoms with Crippen molar-refractivity contribution >= 4 is 62.5 Å². The van der Waals surface area contributed by atoms with Gasteiger partial charge in [-0.3, -0.25) is 10.1 Å². The second kappa shape index (κ2) is 11.4. The number of thiophene rings is 1. The van der Waals surface area contributed by atoms with Gasteiger partial charge in [-0.1, -0.05) is 29.8 Å². The van der Waals surface area contributed by atoms with Gasteiger partial charge in [0.1, 0.15) is 0 Å². The molecular weight excluding hydrogens is 490 g/mol. The van der Waals surface area contributed by atoms with E-state index in [1.165, 1.54) is 18.4 Å². The summed E-state index contributed by atoms with van der Waals surface area (Å²) in [5.41, 5.74) is -0.136. The summed E-state index contributed by atoms with van der Waals surface area (Å²) in [5, 5.41) is 21.9. The lowest BCUT2D eigenvalue weighted by Crippen LogP contribution is -2.28. The highest BCUT2D eigenvalue weighted by Crippen LogP contribution is 2.21. The second-order valence-corrected chi connectivity index (χ2v) is 9.01. The molecule has 3 aromatic heterocycles. The minimum atomic E-state index is -1.07. The van der Waals surface area contributed by atoms with Crippen LogP contribution in [0.15, 0.2) is 47.4 Å². The number of carbonyl (C=O) groups excluding carboxylic acids is 1. The lowest BCUT2D eigenvalue weighted by atomic mass is 10.2. The molecule has 1 aromatic carbocycles. The van der Waals surface area contributed by atoms with E-state index in [1.54, 1.807) is 18.3 Å². The van der Waals surface area contributed by atoms with Crippen molar-refractivity contribution in [3.63, 3.8) is 0 Å². The number of aromatic amines is 1. The molecule has 0 aliphatic heterocycles. The number of halogens is 1. The van der Waals surface area contributed by atoms with E-state index in [4.69, 9.17) is 16.7 Å². The molecule has 33 heavy (non-hydrogen) atoms. The number of amides is 3. The number of benzene rings is 1. The van der Waals surface area contributed by atoms with E-state index in [0.29, 0.717) is 27.2 Å². The maximum absolute atomic E-state index is 11.7. The normalized spacial score (nSPS) is 10.2. The number of H-pyrrole nitrogens is 1. The molecule has 0 aliphatic rings. The number of hydrogen-bond acceptors (Lipinski definition) is 8. The number of urea groups is 1. The minimum Gasteiger partial charge on any atom is -0.465 e. The average Bonchev–Trinajstić information content (AvgIpc) is 3.41. The third kappa shape index (κ3) is 7.24. The second-order valence-electron chi connectivity index (χ2n) is 6.45. The molecule has 4 aromatic rings. The molecule has 4 N–H and O–H groups in total. The van der Waals surface area contributed by atoms with Crippen LogP contribution in [0, 0.1) is 0 Å². The van der Waals surface area contributed by atoms with Gasteiger partial charge in [0, 0.05) is 34.2 Å². The summed E-state index contributed by atoms with van der Waals surface area (Å²) < 4.78 is 4.64. The van der Waals surface area contributed by atoms with E-state index >= 15 is 0 Å². The van der Waals surface area contributed by atoms with Gasteiger partial charge in [0.15, 0.2) is 5.82 Å². The fourth-order valence-corrected chi connectivity index (χ4v) is 4.04. The zero-order chi connectivity index (χ0) is 23.8.